The van der Waals surface area contributed by atoms with Gasteiger partial charge >= 0.3 is 5.97 Å². The molecule has 1 heterocycles. The highest BCUT2D eigenvalue weighted by atomic mass is 16.4. The van der Waals surface area contributed by atoms with Gasteiger partial charge in [-0.15, -0.1) is 0 Å². The van der Waals surface area contributed by atoms with E-state index in [4.69, 9.17) is 5.11 Å². The second-order valence-electron chi connectivity index (χ2n) is 4.77. The molecule has 2 rings (SSSR count). The van der Waals surface area contributed by atoms with Crippen molar-refractivity contribution in [3.05, 3.63) is 35.9 Å². The molecule has 92 valence electrons. The molecule has 0 aliphatic carbocycles. The molecule has 17 heavy (non-hydrogen) atoms. The lowest BCUT2D eigenvalue weighted by Gasteiger charge is -2.38. The lowest BCUT2D eigenvalue weighted by atomic mass is 9.92. The van der Waals surface area contributed by atoms with Crippen molar-refractivity contribution in [1.29, 1.82) is 0 Å². The van der Waals surface area contributed by atoms with E-state index in [2.05, 4.69) is 36.1 Å². The van der Waals surface area contributed by atoms with E-state index in [-0.39, 0.29) is 5.92 Å². The smallest absolute Gasteiger partial charge is 0.309 e. The fourth-order valence-corrected chi connectivity index (χ4v) is 2.38. The zero-order valence-electron chi connectivity index (χ0n) is 10.2. The van der Waals surface area contributed by atoms with E-state index >= 15 is 0 Å². The van der Waals surface area contributed by atoms with Crippen molar-refractivity contribution in [3.63, 3.8) is 0 Å². The van der Waals surface area contributed by atoms with E-state index in [0.717, 1.165) is 13.0 Å². The molecule has 1 aromatic carbocycles. The van der Waals surface area contributed by atoms with Crippen LogP contribution in [0.5, 0.6) is 0 Å². The summed E-state index contributed by atoms with van der Waals surface area (Å²) in [5.74, 6) is -0.289. The minimum atomic E-state index is -0.658. The van der Waals surface area contributed by atoms with Crippen LogP contribution >= 0.6 is 0 Å². The van der Waals surface area contributed by atoms with Crippen molar-refractivity contribution in [2.45, 2.75) is 19.3 Å². The Labute approximate surface area is 102 Å². The first-order valence-corrected chi connectivity index (χ1v) is 6.20. The molecule has 0 radical (unpaired) electrons. The summed E-state index contributed by atoms with van der Waals surface area (Å²) >= 11 is 0. The highest BCUT2D eigenvalue weighted by Gasteiger charge is 2.33. The Balaban J connectivity index is 1.88. The normalized spacial score (nSPS) is 18.6. The van der Waals surface area contributed by atoms with Crippen LogP contribution in [0.1, 0.15) is 24.8 Å². The Morgan fingerprint density at radius 2 is 2.06 bits per heavy atom. The number of carboxylic acids is 1. The SMILES string of the molecule is CCC(CN1CC(C(=O)O)C1)c1ccccc1. The lowest BCUT2D eigenvalue weighted by molar-refractivity contribution is -0.147. The summed E-state index contributed by atoms with van der Waals surface area (Å²) in [5.41, 5.74) is 1.36. The predicted molar refractivity (Wildman–Crippen MR) is 67.0 cm³/mol. The summed E-state index contributed by atoms with van der Waals surface area (Å²) < 4.78 is 0. The summed E-state index contributed by atoms with van der Waals surface area (Å²) in [6.07, 6.45) is 1.10. The van der Waals surface area contributed by atoms with Gasteiger partial charge in [0.1, 0.15) is 0 Å². The highest BCUT2D eigenvalue weighted by molar-refractivity contribution is 5.71. The van der Waals surface area contributed by atoms with E-state index in [1.807, 2.05) is 6.07 Å². The largest absolute Gasteiger partial charge is 0.481 e. The second-order valence-corrected chi connectivity index (χ2v) is 4.77. The monoisotopic (exact) mass is 233 g/mol. The Bertz CT molecular complexity index is 371. The Hall–Kier alpha value is -1.35. The molecule has 1 fully saturated rings. The minimum Gasteiger partial charge on any atom is -0.481 e. The van der Waals surface area contributed by atoms with Crippen LogP contribution in [0, 0.1) is 5.92 Å². The lowest BCUT2D eigenvalue weighted by Crippen LogP contribution is -2.51. The van der Waals surface area contributed by atoms with Gasteiger partial charge in [0, 0.05) is 19.6 Å². The van der Waals surface area contributed by atoms with Gasteiger partial charge in [-0.25, -0.2) is 0 Å². The molecular formula is C14H19NO2. The maximum Gasteiger partial charge on any atom is 0.309 e. The molecule has 0 spiro atoms. The van der Waals surface area contributed by atoms with Gasteiger partial charge in [-0.1, -0.05) is 37.3 Å². The van der Waals surface area contributed by atoms with Crippen molar-refractivity contribution >= 4 is 5.97 Å². The van der Waals surface area contributed by atoms with Crippen molar-refractivity contribution < 1.29 is 9.90 Å². The molecule has 1 saturated heterocycles. The number of rotatable bonds is 5. The summed E-state index contributed by atoms with van der Waals surface area (Å²) in [7, 11) is 0. The average Bonchev–Trinajstić information content (AvgIpc) is 2.28. The van der Waals surface area contributed by atoms with Gasteiger partial charge in [0.15, 0.2) is 0 Å². The van der Waals surface area contributed by atoms with Crippen LogP contribution < -0.4 is 0 Å². The van der Waals surface area contributed by atoms with Crippen LogP contribution in [0.2, 0.25) is 0 Å². The summed E-state index contributed by atoms with van der Waals surface area (Å²) in [5, 5.41) is 8.83. The van der Waals surface area contributed by atoms with Gasteiger partial charge in [0.25, 0.3) is 0 Å². The van der Waals surface area contributed by atoms with E-state index in [0.29, 0.717) is 19.0 Å². The summed E-state index contributed by atoms with van der Waals surface area (Å²) in [6.45, 7) is 4.58. The maximum atomic E-state index is 10.7. The van der Waals surface area contributed by atoms with Crippen LogP contribution in [0.3, 0.4) is 0 Å². The number of hydrogen-bond donors (Lipinski definition) is 1. The molecule has 1 unspecified atom stereocenters. The van der Waals surface area contributed by atoms with Gasteiger partial charge in [-0.2, -0.15) is 0 Å². The van der Waals surface area contributed by atoms with Gasteiger partial charge < -0.3 is 10.0 Å². The first-order chi connectivity index (χ1) is 8.20. The molecule has 1 aliphatic heterocycles. The highest BCUT2D eigenvalue weighted by Crippen LogP contribution is 2.24. The number of carbonyl (C=O) groups is 1. The zero-order chi connectivity index (χ0) is 12.3. The molecule has 1 N–H and O–H groups in total. The van der Waals surface area contributed by atoms with Crippen LogP contribution in [0.15, 0.2) is 30.3 Å². The van der Waals surface area contributed by atoms with E-state index in [1.54, 1.807) is 0 Å². The molecular weight excluding hydrogens is 214 g/mol. The first-order valence-electron chi connectivity index (χ1n) is 6.20. The number of likely N-dealkylation sites (tertiary alicyclic amines) is 1. The van der Waals surface area contributed by atoms with Crippen LogP contribution in [-0.4, -0.2) is 35.6 Å². The number of aliphatic carboxylic acids is 1. The van der Waals surface area contributed by atoms with Gasteiger partial charge in [0.2, 0.25) is 0 Å². The molecule has 0 saturated carbocycles. The molecule has 3 heteroatoms. The third kappa shape index (κ3) is 2.86. The predicted octanol–water partition coefficient (Wildman–Crippen LogP) is 2.20. The topological polar surface area (TPSA) is 40.5 Å². The van der Waals surface area contributed by atoms with Crippen molar-refractivity contribution in [2.75, 3.05) is 19.6 Å². The van der Waals surface area contributed by atoms with Crippen molar-refractivity contribution in [1.82, 2.24) is 4.90 Å². The zero-order valence-corrected chi connectivity index (χ0v) is 10.2. The van der Waals surface area contributed by atoms with Gasteiger partial charge in [-0.05, 0) is 17.9 Å². The number of hydrogen-bond acceptors (Lipinski definition) is 2. The molecule has 1 aliphatic rings. The number of benzene rings is 1. The van der Waals surface area contributed by atoms with Crippen molar-refractivity contribution in [2.24, 2.45) is 5.92 Å². The Morgan fingerprint density at radius 3 is 2.59 bits per heavy atom. The Kier molecular flexibility index (Phi) is 3.79. The first kappa shape index (κ1) is 12.1. The third-order valence-electron chi connectivity index (χ3n) is 3.55. The molecule has 0 aromatic heterocycles. The quantitative estimate of drug-likeness (QED) is 0.847. The Morgan fingerprint density at radius 1 is 1.41 bits per heavy atom. The number of nitrogens with zero attached hydrogens (tertiary/aromatic N) is 1. The van der Waals surface area contributed by atoms with Crippen LogP contribution in [0.25, 0.3) is 0 Å². The van der Waals surface area contributed by atoms with E-state index in [9.17, 15) is 4.79 Å². The molecule has 0 bridgehead atoms. The van der Waals surface area contributed by atoms with Crippen LogP contribution in [-0.2, 0) is 4.79 Å². The fraction of sp³-hybridized carbons (Fsp3) is 0.500. The molecule has 3 nitrogen and oxygen atoms in total. The summed E-state index contributed by atoms with van der Waals surface area (Å²) in [4.78, 5) is 13.0. The van der Waals surface area contributed by atoms with E-state index < -0.39 is 5.97 Å². The van der Waals surface area contributed by atoms with Gasteiger partial charge in [-0.3, -0.25) is 4.79 Å². The fourth-order valence-electron chi connectivity index (χ4n) is 2.38. The third-order valence-corrected chi connectivity index (χ3v) is 3.55. The summed E-state index contributed by atoms with van der Waals surface area (Å²) in [6, 6.07) is 10.5. The standard InChI is InChI=1S/C14H19NO2/c1-2-11(12-6-4-3-5-7-12)8-15-9-13(10-15)14(16)17/h3-7,11,13H,2,8-10H2,1H3,(H,16,17). The van der Waals surface area contributed by atoms with Crippen LogP contribution in [0.4, 0.5) is 0 Å². The second kappa shape index (κ2) is 5.32. The average molecular weight is 233 g/mol. The van der Waals surface area contributed by atoms with Crippen molar-refractivity contribution in [3.8, 4) is 0 Å². The maximum absolute atomic E-state index is 10.7. The number of carboxylic acid groups (broad SMARTS) is 1. The van der Waals surface area contributed by atoms with Gasteiger partial charge in [0.05, 0.1) is 5.92 Å². The minimum absolute atomic E-state index is 0.150. The molecule has 1 aromatic rings. The molecule has 1 atom stereocenters. The van der Waals surface area contributed by atoms with E-state index in [1.165, 1.54) is 5.56 Å². The molecule has 0 amide bonds.